The summed E-state index contributed by atoms with van der Waals surface area (Å²) >= 11 is 1.60. The van der Waals surface area contributed by atoms with Gasteiger partial charge >= 0.3 is 0 Å². The summed E-state index contributed by atoms with van der Waals surface area (Å²) in [5.41, 5.74) is 10.2. The first-order valence-electron chi connectivity index (χ1n) is 6.10. The zero-order chi connectivity index (χ0) is 13.0. The molecular formula is C14H18N2OS. The highest BCUT2D eigenvalue weighted by molar-refractivity contribution is 7.09. The predicted molar refractivity (Wildman–Crippen MR) is 75.1 cm³/mol. The molecule has 1 aromatic heterocycles. The van der Waals surface area contributed by atoms with Gasteiger partial charge in [0, 0.05) is 4.88 Å². The van der Waals surface area contributed by atoms with Gasteiger partial charge in [0.2, 0.25) is 0 Å². The van der Waals surface area contributed by atoms with Crippen molar-refractivity contribution in [3.05, 3.63) is 45.9 Å². The summed E-state index contributed by atoms with van der Waals surface area (Å²) in [7, 11) is 0. The van der Waals surface area contributed by atoms with Gasteiger partial charge in [0.15, 0.2) is 0 Å². The molecule has 1 heterocycles. The zero-order valence-electron chi connectivity index (χ0n) is 10.7. The van der Waals surface area contributed by atoms with Crippen LogP contribution in [-0.4, -0.2) is 11.6 Å². The van der Waals surface area contributed by atoms with Crippen LogP contribution in [0.15, 0.2) is 29.8 Å². The van der Waals surface area contributed by atoms with Crippen LogP contribution < -0.4 is 10.5 Å². The van der Waals surface area contributed by atoms with E-state index in [4.69, 9.17) is 10.5 Å². The van der Waals surface area contributed by atoms with Crippen LogP contribution in [0.25, 0.3) is 0 Å². The molecule has 0 saturated carbocycles. The lowest BCUT2D eigenvalue weighted by molar-refractivity contribution is 0.317. The fourth-order valence-corrected chi connectivity index (χ4v) is 2.58. The molecule has 0 aliphatic rings. The van der Waals surface area contributed by atoms with E-state index in [9.17, 15) is 0 Å². The van der Waals surface area contributed by atoms with Crippen LogP contribution in [0, 0.1) is 6.92 Å². The summed E-state index contributed by atoms with van der Waals surface area (Å²) in [6.45, 7) is 4.83. The number of rotatable bonds is 5. The molecule has 96 valence electrons. The summed E-state index contributed by atoms with van der Waals surface area (Å²) < 4.78 is 5.55. The Morgan fingerprint density at radius 1 is 1.33 bits per heavy atom. The number of hydrogen-bond donors (Lipinski definition) is 1. The van der Waals surface area contributed by atoms with Gasteiger partial charge in [0.25, 0.3) is 0 Å². The topological polar surface area (TPSA) is 48.1 Å². The molecule has 2 rings (SSSR count). The Bertz CT molecular complexity index is 493. The number of nitrogens with two attached hydrogens (primary N) is 1. The van der Waals surface area contributed by atoms with Crippen LogP contribution in [0.2, 0.25) is 0 Å². The standard InChI is InChI=1S/C14H18N2OS/c1-3-8-17-12-6-4-11(5-7-12)13(15)14-10(2)16-9-18-14/h4-7,9,13H,3,8,15H2,1-2H3. The second-order valence-corrected chi connectivity index (χ2v) is 5.08. The van der Waals surface area contributed by atoms with Gasteiger partial charge in [-0.25, -0.2) is 4.98 Å². The average molecular weight is 262 g/mol. The van der Waals surface area contributed by atoms with Crippen molar-refractivity contribution in [2.45, 2.75) is 26.3 Å². The molecule has 1 aromatic carbocycles. The second-order valence-electron chi connectivity index (χ2n) is 4.20. The number of ether oxygens (including phenoxy) is 1. The molecule has 0 fully saturated rings. The highest BCUT2D eigenvalue weighted by atomic mass is 32.1. The molecule has 0 radical (unpaired) electrons. The van der Waals surface area contributed by atoms with Crippen molar-refractivity contribution in [2.75, 3.05) is 6.61 Å². The van der Waals surface area contributed by atoms with Gasteiger partial charge in [-0.05, 0) is 31.0 Å². The van der Waals surface area contributed by atoms with Crippen LogP contribution >= 0.6 is 11.3 Å². The number of thiazole rings is 1. The predicted octanol–water partition coefficient (Wildman–Crippen LogP) is 3.29. The van der Waals surface area contributed by atoms with Crippen molar-refractivity contribution >= 4 is 11.3 Å². The number of nitrogens with zero attached hydrogens (tertiary/aromatic N) is 1. The summed E-state index contributed by atoms with van der Waals surface area (Å²) in [6.07, 6.45) is 1.02. The van der Waals surface area contributed by atoms with Crippen molar-refractivity contribution in [2.24, 2.45) is 5.73 Å². The van der Waals surface area contributed by atoms with Crippen LogP contribution in [-0.2, 0) is 0 Å². The highest BCUT2D eigenvalue weighted by Gasteiger charge is 2.13. The monoisotopic (exact) mass is 262 g/mol. The van der Waals surface area contributed by atoms with Gasteiger partial charge in [-0.1, -0.05) is 19.1 Å². The molecule has 2 N–H and O–H groups in total. The number of benzene rings is 1. The van der Waals surface area contributed by atoms with Gasteiger partial charge in [-0.2, -0.15) is 0 Å². The van der Waals surface area contributed by atoms with Crippen molar-refractivity contribution in [3.63, 3.8) is 0 Å². The second kappa shape index (κ2) is 5.98. The first-order chi connectivity index (χ1) is 8.72. The molecular weight excluding hydrogens is 244 g/mol. The number of hydrogen-bond acceptors (Lipinski definition) is 4. The van der Waals surface area contributed by atoms with E-state index in [1.165, 1.54) is 0 Å². The summed E-state index contributed by atoms with van der Waals surface area (Å²) in [5.74, 6) is 0.897. The summed E-state index contributed by atoms with van der Waals surface area (Å²) in [5, 5.41) is 0. The lowest BCUT2D eigenvalue weighted by Gasteiger charge is -2.12. The Morgan fingerprint density at radius 3 is 2.61 bits per heavy atom. The van der Waals surface area contributed by atoms with Gasteiger partial charge in [-0.3, -0.25) is 0 Å². The van der Waals surface area contributed by atoms with E-state index in [0.717, 1.165) is 34.9 Å². The van der Waals surface area contributed by atoms with Gasteiger partial charge in [-0.15, -0.1) is 11.3 Å². The van der Waals surface area contributed by atoms with E-state index in [1.807, 2.05) is 36.7 Å². The zero-order valence-corrected chi connectivity index (χ0v) is 11.5. The molecule has 0 bridgehead atoms. The maximum Gasteiger partial charge on any atom is 0.119 e. The first kappa shape index (κ1) is 13.1. The first-order valence-corrected chi connectivity index (χ1v) is 6.98. The molecule has 0 saturated heterocycles. The van der Waals surface area contributed by atoms with E-state index >= 15 is 0 Å². The number of aromatic nitrogens is 1. The van der Waals surface area contributed by atoms with Gasteiger partial charge in [0.05, 0.1) is 23.9 Å². The smallest absolute Gasteiger partial charge is 0.119 e. The summed E-state index contributed by atoms with van der Waals surface area (Å²) in [4.78, 5) is 5.36. The van der Waals surface area contributed by atoms with E-state index in [-0.39, 0.29) is 6.04 Å². The minimum absolute atomic E-state index is 0.0993. The third kappa shape index (κ3) is 2.89. The van der Waals surface area contributed by atoms with E-state index in [0.29, 0.717) is 0 Å². The van der Waals surface area contributed by atoms with E-state index in [2.05, 4.69) is 11.9 Å². The third-order valence-electron chi connectivity index (χ3n) is 2.78. The fourth-order valence-electron chi connectivity index (χ4n) is 1.75. The Kier molecular flexibility index (Phi) is 4.33. The maximum absolute atomic E-state index is 6.24. The minimum atomic E-state index is -0.0993. The molecule has 1 atom stereocenters. The molecule has 0 spiro atoms. The van der Waals surface area contributed by atoms with Crippen LogP contribution in [0.3, 0.4) is 0 Å². The van der Waals surface area contributed by atoms with Gasteiger partial charge < -0.3 is 10.5 Å². The molecule has 0 amide bonds. The van der Waals surface area contributed by atoms with Crippen molar-refractivity contribution in [1.29, 1.82) is 0 Å². The number of aryl methyl sites for hydroxylation is 1. The molecule has 4 heteroatoms. The average Bonchev–Trinajstić information content (AvgIpc) is 2.82. The largest absolute Gasteiger partial charge is 0.494 e. The SMILES string of the molecule is CCCOc1ccc(C(N)c2scnc2C)cc1. The molecule has 0 aliphatic carbocycles. The highest BCUT2D eigenvalue weighted by Crippen LogP contribution is 2.26. The van der Waals surface area contributed by atoms with Gasteiger partial charge in [0.1, 0.15) is 5.75 Å². The van der Waals surface area contributed by atoms with Crippen LogP contribution in [0.1, 0.15) is 35.5 Å². The Hall–Kier alpha value is -1.39. The minimum Gasteiger partial charge on any atom is -0.494 e. The quantitative estimate of drug-likeness (QED) is 0.899. The summed E-state index contributed by atoms with van der Waals surface area (Å²) in [6, 6.07) is 7.89. The molecule has 18 heavy (non-hydrogen) atoms. The van der Waals surface area contributed by atoms with Crippen LogP contribution in [0.5, 0.6) is 5.75 Å². The van der Waals surface area contributed by atoms with Crippen molar-refractivity contribution in [1.82, 2.24) is 4.98 Å². The molecule has 3 nitrogen and oxygen atoms in total. The lowest BCUT2D eigenvalue weighted by atomic mass is 10.1. The normalized spacial score (nSPS) is 12.4. The Labute approximate surface area is 112 Å². The lowest BCUT2D eigenvalue weighted by Crippen LogP contribution is -2.11. The fraction of sp³-hybridized carbons (Fsp3) is 0.357. The third-order valence-corrected chi connectivity index (χ3v) is 3.79. The molecule has 2 aromatic rings. The molecule has 0 aliphatic heterocycles. The Morgan fingerprint density at radius 2 is 2.06 bits per heavy atom. The van der Waals surface area contributed by atoms with Crippen LogP contribution in [0.4, 0.5) is 0 Å². The van der Waals surface area contributed by atoms with E-state index in [1.54, 1.807) is 11.3 Å². The van der Waals surface area contributed by atoms with Crippen molar-refractivity contribution < 1.29 is 4.74 Å². The molecule has 1 unspecified atom stereocenters. The maximum atomic E-state index is 6.24. The van der Waals surface area contributed by atoms with E-state index < -0.39 is 0 Å². The van der Waals surface area contributed by atoms with Crippen molar-refractivity contribution in [3.8, 4) is 5.75 Å². The Balaban J connectivity index is 2.12.